The molecule has 0 heterocycles. The minimum Gasteiger partial charge on any atom is -0.398 e. The molecule has 146 valence electrons. The summed E-state index contributed by atoms with van der Waals surface area (Å²) in [6.45, 7) is 0. The van der Waals surface area contributed by atoms with Gasteiger partial charge >= 0.3 is 23.7 Å². The average Bonchev–Trinajstić information content (AvgIpc) is 2.59. The summed E-state index contributed by atoms with van der Waals surface area (Å²) in [5, 5.41) is 8.94. The molecule has 2 aromatic rings. The molecule has 0 saturated heterocycles. The van der Waals surface area contributed by atoms with Crippen molar-refractivity contribution < 1.29 is 40.3 Å². The van der Waals surface area contributed by atoms with Gasteiger partial charge in [-0.25, -0.2) is 0 Å². The van der Waals surface area contributed by atoms with Crippen LogP contribution >= 0.6 is 0 Å². The second kappa shape index (κ2) is 5.47. The van der Waals surface area contributed by atoms with Gasteiger partial charge in [0.25, 0.3) is 0 Å². The van der Waals surface area contributed by atoms with E-state index in [1.165, 1.54) is 0 Å². The third kappa shape index (κ3) is 2.37. The zero-order valence-corrected chi connectivity index (χ0v) is 13.0. The van der Waals surface area contributed by atoms with Crippen LogP contribution in [0.2, 0.25) is 0 Å². The Labute approximate surface area is 146 Å². The van der Waals surface area contributed by atoms with Gasteiger partial charge in [-0.05, 0) is 12.1 Å². The molecule has 0 fully saturated rings. The Morgan fingerprint density at radius 1 is 0.667 bits per heavy atom. The number of nitrogens with two attached hydrogens (primary N) is 1. The molecule has 4 N–H and O–H groups in total. The summed E-state index contributed by atoms with van der Waals surface area (Å²) in [7, 11) is 0. The molecule has 6 rings (SSSR count). The predicted octanol–water partition coefficient (Wildman–Crippen LogP) is 5.15. The summed E-state index contributed by atoms with van der Waals surface area (Å²) in [4.78, 5) is 0. The predicted molar refractivity (Wildman–Crippen MR) is 78.3 cm³/mol. The normalized spacial score (nSPS) is 21.4. The topological polar surface area (TPSA) is 58.3 Å². The maximum Gasteiger partial charge on any atom is 0.341 e. The number of hydrogen-bond donors (Lipinski definition) is 3. The monoisotopic (exact) mass is 398 g/mol. The second-order valence-electron chi connectivity index (χ2n) is 5.97. The number of hydrogen-bond acceptors (Lipinski definition) is 3. The minimum absolute atomic E-state index is 0.0529. The van der Waals surface area contributed by atoms with E-state index < -0.39 is 57.3 Å². The number of halogens is 8. The Kier molecular flexibility index (Phi) is 3.89. The zero-order valence-electron chi connectivity index (χ0n) is 13.0. The van der Waals surface area contributed by atoms with E-state index in [9.17, 15) is 35.1 Å². The van der Waals surface area contributed by atoms with E-state index in [0.29, 0.717) is 0 Å². The van der Waals surface area contributed by atoms with Crippen molar-refractivity contribution in [2.24, 2.45) is 0 Å². The Hall–Kier alpha value is -2.56. The molecule has 0 unspecified atom stereocenters. The number of anilines is 2. The third-order valence-corrected chi connectivity index (χ3v) is 4.38. The van der Waals surface area contributed by atoms with Crippen molar-refractivity contribution in [3.05, 3.63) is 58.7 Å². The summed E-state index contributed by atoms with van der Waals surface area (Å²) in [6.07, 6.45) is 0. The smallest absolute Gasteiger partial charge is 0.341 e. The van der Waals surface area contributed by atoms with Gasteiger partial charge in [0.15, 0.2) is 0 Å². The quantitative estimate of drug-likeness (QED) is 0.354. The van der Waals surface area contributed by atoms with E-state index in [-0.39, 0.29) is 36.4 Å². The summed E-state index contributed by atoms with van der Waals surface area (Å²) in [5.41, 5.74) is -2.17. The van der Waals surface area contributed by atoms with Gasteiger partial charge in [0.2, 0.25) is 0 Å². The van der Waals surface area contributed by atoms with Crippen LogP contribution in [0.25, 0.3) is 0 Å². The average molecular weight is 398 g/mol. The fourth-order valence-corrected chi connectivity index (χ4v) is 2.85. The molecule has 2 aromatic carbocycles. The van der Waals surface area contributed by atoms with E-state index in [1.807, 2.05) is 0 Å². The summed E-state index contributed by atoms with van der Waals surface area (Å²) >= 11 is 0. The van der Waals surface area contributed by atoms with Crippen molar-refractivity contribution in [1.29, 1.82) is 0 Å². The maximum atomic E-state index is 14.5. The van der Waals surface area contributed by atoms with Gasteiger partial charge in [0.05, 0.1) is 16.8 Å². The molecule has 0 amide bonds. The molecule has 27 heavy (non-hydrogen) atoms. The molecule has 4 bridgehead atoms. The van der Waals surface area contributed by atoms with Gasteiger partial charge in [-0.1, -0.05) is 24.3 Å². The highest BCUT2D eigenvalue weighted by Gasteiger charge is 2.63. The second-order valence-corrected chi connectivity index (χ2v) is 5.97. The lowest BCUT2D eigenvalue weighted by molar-refractivity contribution is -0.226. The Morgan fingerprint density at radius 2 is 1.11 bits per heavy atom. The van der Waals surface area contributed by atoms with E-state index >= 15 is 0 Å². The summed E-state index contributed by atoms with van der Waals surface area (Å²) in [5.74, 6) is -19.9. The van der Waals surface area contributed by atoms with Gasteiger partial charge in [0.1, 0.15) is 0 Å². The van der Waals surface area contributed by atoms with Gasteiger partial charge in [-0.15, -0.1) is 0 Å². The Balaban J connectivity index is 2.46. The van der Waals surface area contributed by atoms with E-state index in [4.69, 9.17) is 10.9 Å². The molecule has 0 saturated carbocycles. The van der Waals surface area contributed by atoms with Crippen LogP contribution in [0.4, 0.5) is 46.5 Å². The highest BCUT2D eigenvalue weighted by Crippen LogP contribution is 2.56. The third-order valence-electron chi connectivity index (χ3n) is 4.38. The van der Waals surface area contributed by atoms with Gasteiger partial charge in [-0.3, -0.25) is 10.7 Å². The van der Waals surface area contributed by atoms with Gasteiger partial charge < -0.3 is 5.73 Å². The van der Waals surface area contributed by atoms with Crippen LogP contribution in [0, 0.1) is 0 Å². The first kappa shape index (κ1) is 19.2. The molecule has 3 nitrogen and oxygen atoms in total. The molecule has 4 aliphatic carbocycles. The Morgan fingerprint density at radius 3 is 1.59 bits per heavy atom. The van der Waals surface area contributed by atoms with Crippen LogP contribution < -0.4 is 11.2 Å². The first-order valence-corrected chi connectivity index (χ1v) is 7.25. The molecular formula is C16H10F8N2O. The largest absolute Gasteiger partial charge is 0.398 e. The van der Waals surface area contributed by atoms with Crippen molar-refractivity contribution in [3.8, 4) is 0 Å². The van der Waals surface area contributed by atoms with Crippen molar-refractivity contribution in [2.45, 2.75) is 23.7 Å². The number of nitrogens with one attached hydrogen (secondary N) is 1. The molecule has 0 radical (unpaired) electrons. The maximum absolute atomic E-state index is 14.5. The van der Waals surface area contributed by atoms with E-state index in [0.717, 1.165) is 5.48 Å². The van der Waals surface area contributed by atoms with Crippen LogP contribution in [0.3, 0.4) is 0 Å². The number of benzene rings is 2. The fraction of sp³-hybridized carbons (Fsp3) is 0.250. The highest BCUT2D eigenvalue weighted by molar-refractivity contribution is 5.59. The van der Waals surface area contributed by atoms with Gasteiger partial charge in [-0.2, -0.15) is 35.1 Å². The van der Waals surface area contributed by atoms with E-state index in [1.54, 1.807) is 0 Å². The van der Waals surface area contributed by atoms with Crippen molar-refractivity contribution in [3.63, 3.8) is 0 Å². The molecule has 0 aliphatic heterocycles. The van der Waals surface area contributed by atoms with Gasteiger partial charge in [0, 0.05) is 16.8 Å². The fourth-order valence-electron chi connectivity index (χ4n) is 2.85. The van der Waals surface area contributed by atoms with E-state index in [2.05, 4.69) is 0 Å². The molecule has 0 atom stereocenters. The number of nitrogen functional groups attached to an aromatic ring is 1. The highest BCUT2D eigenvalue weighted by atomic mass is 19.3. The van der Waals surface area contributed by atoms with Crippen LogP contribution in [0.5, 0.6) is 0 Å². The zero-order chi connectivity index (χ0) is 20.4. The van der Waals surface area contributed by atoms with Crippen molar-refractivity contribution in [1.82, 2.24) is 0 Å². The number of alkyl halides is 8. The van der Waals surface area contributed by atoms with Crippen LogP contribution in [0.1, 0.15) is 22.3 Å². The molecule has 0 spiro atoms. The van der Waals surface area contributed by atoms with Crippen LogP contribution in [-0.4, -0.2) is 5.21 Å². The first-order chi connectivity index (χ1) is 12.3. The summed E-state index contributed by atoms with van der Waals surface area (Å²) < 4.78 is 116. The molecular weight excluding hydrogens is 388 g/mol. The molecule has 11 heteroatoms. The lowest BCUT2D eigenvalue weighted by atomic mass is 9.87. The Bertz CT molecular complexity index is 913. The van der Waals surface area contributed by atoms with Crippen LogP contribution in [-0.2, 0) is 23.7 Å². The SMILES string of the molecule is Nc1cc2ccc1C(F)(F)C(F)(F)c1ccc(c(NO)c1)C(F)(F)C2(F)F. The summed E-state index contributed by atoms with van der Waals surface area (Å²) in [6, 6.07) is 0.803. The van der Waals surface area contributed by atoms with Crippen molar-refractivity contribution in [2.75, 3.05) is 11.2 Å². The van der Waals surface area contributed by atoms with Crippen molar-refractivity contribution >= 4 is 11.4 Å². The lowest BCUT2D eigenvalue weighted by Gasteiger charge is -2.33. The number of rotatable bonds is 1. The minimum atomic E-state index is -5.00. The van der Waals surface area contributed by atoms with Crippen LogP contribution in [0.15, 0.2) is 36.4 Å². The standard InChI is InChI=1S/C16H10F8N2O/c17-13(18)7-1-3-9(11(25)5-7)15(21,22)14(19,20)8-2-4-10(16(13,23)24)12(6-8)26-27/h1-6,26-27H,25H2. The molecule has 0 aromatic heterocycles. The lowest BCUT2D eigenvalue weighted by Crippen LogP contribution is -2.39. The first-order valence-electron chi connectivity index (χ1n) is 7.25. The molecule has 4 aliphatic rings.